The van der Waals surface area contributed by atoms with Crippen LogP contribution in [0.4, 0.5) is 11.5 Å². The Bertz CT molecular complexity index is 694. The average Bonchev–Trinajstić information content (AvgIpc) is 3.09. The van der Waals surface area contributed by atoms with Gasteiger partial charge in [0.05, 0.1) is 5.56 Å². The number of amides is 1. The van der Waals surface area contributed by atoms with Crippen molar-refractivity contribution in [2.45, 2.75) is 35.8 Å². The summed E-state index contributed by atoms with van der Waals surface area (Å²) in [6.45, 7) is 0. The van der Waals surface area contributed by atoms with Gasteiger partial charge in [-0.2, -0.15) is 0 Å². The van der Waals surface area contributed by atoms with Gasteiger partial charge < -0.3 is 10.2 Å². The Morgan fingerprint density at radius 2 is 1.88 bits per heavy atom. The van der Waals surface area contributed by atoms with Gasteiger partial charge in [-0.05, 0) is 49.2 Å². The van der Waals surface area contributed by atoms with Gasteiger partial charge in [-0.1, -0.05) is 12.8 Å². The maximum Gasteiger partial charge on any atom is 0.259 e. The summed E-state index contributed by atoms with van der Waals surface area (Å²) in [5, 5.41) is 3.71. The molecule has 4 nitrogen and oxygen atoms in total. The smallest absolute Gasteiger partial charge is 0.259 e. The summed E-state index contributed by atoms with van der Waals surface area (Å²) in [5.41, 5.74) is 1.39. The molecule has 0 radical (unpaired) electrons. The number of benzene rings is 1. The molecule has 3 rings (SSSR count). The largest absolute Gasteiger partial charge is 0.362 e. The Morgan fingerprint density at radius 3 is 2.54 bits per heavy atom. The van der Waals surface area contributed by atoms with Crippen molar-refractivity contribution in [3.63, 3.8) is 0 Å². The van der Waals surface area contributed by atoms with Crippen LogP contribution in [0.2, 0.25) is 0 Å². The quantitative estimate of drug-likeness (QED) is 0.873. The van der Waals surface area contributed by atoms with E-state index in [2.05, 4.69) is 22.4 Å². The minimum absolute atomic E-state index is 0.136. The summed E-state index contributed by atoms with van der Waals surface area (Å²) >= 11 is 1.95. The molecule has 1 fully saturated rings. The van der Waals surface area contributed by atoms with E-state index in [1.807, 2.05) is 42.9 Å². The van der Waals surface area contributed by atoms with Gasteiger partial charge in [-0.25, -0.2) is 4.98 Å². The molecule has 24 heavy (non-hydrogen) atoms. The maximum absolute atomic E-state index is 12.5. The highest BCUT2D eigenvalue weighted by Crippen LogP contribution is 2.35. The average molecular weight is 341 g/mol. The number of carbonyl (C=O) groups is 1. The minimum Gasteiger partial charge on any atom is -0.362 e. The van der Waals surface area contributed by atoms with Crippen LogP contribution in [0.3, 0.4) is 0 Å². The molecule has 0 spiro atoms. The number of nitrogens with zero attached hydrogens (tertiary/aromatic N) is 2. The van der Waals surface area contributed by atoms with E-state index in [0.29, 0.717) is 11.4 Å². The molecule has 1 aliphatic rings. The van der Waals surface area contributed by atoms with Crippen LogP contribution in [-0.4, -0.2) is 30.2 Å². The van der Waals surface area contributed by atoms with Crippen molar-refractivity contribution in [3.05, 3.63) is 48.2 Å². The molecule has 0 aliphatic heterocycles. The van der Waals surface area contributed by atoms with E-state index >= 15 is 0 Å². The molecule has 1 aliphatic carbocycles. The van der Waals surface area contributed by atoms with Crippen molar-refractivity contribution >= 4 is 29.2 Å². The Labute approximate surface area is 147 Å². The summed E-state index contributed by atoms with van der Waals surface area (Å²) in [4.78, 5) is 19.9. The summed E-state index contributed by atoms with van der Waals surface area (Å²) in [7, 11) is 3.77. The van der Waals surface area contributed by atoms with Crippen molar-refractivity contribution < 1.29 is 4.79 Å². The van der Waals surface area contributed by atoms with Crippen molar-refractivity contribution in [3.8, 4) is 0 Å². The first kappa shape index (κ1) is 16.8. The van der Waals surface area contributed by atoms with Crippen molar-refractivity contribution in [1.29, 1.82) is 0 Å². The topological polar surface area (TPSA) is 45.2 Å². The number of nitrogens with one attached hydrogen (secondary N) is 1. The molecule has 0 atom stereocenters. The predicted octanol–water partition coefficient (Wildman–Crippen LogP) is 4.43. The monoisotopic (exact) mass is 341 g/mol. The molecule has 1 aromatic carbocycles. The van der Waals surface area contributed by atoms with E-state index in [0.717, 1.165) is 10.9 Å². The van der Waals surface area contributed by atoms with E-state index in [4.69, 9.17) is 0 Å². The lowest BCUT2D eigenvalue weighted by Crippen LogP contribution is -2.19. The molecule has 0 saturated heterocycles. The second kappa shape index (κ2) is 7.71. The van der Waals surface area contributed by atoms with Gasteiger partial charge >= 0.3 is 0 Å². The molecule has 126 valence electrons. The van der Waals surface area contributed by atoms with Crippen molar-refractivity contribution in [2.75, 3.05) is 24.3 Å². The first-order chi connectivity index (χ1) is 11.6. The zero-order valence-corrected chi connectivity index (χ0v) is 15.0. The Balaban J connectivity index is 1.66. The molecule has 1 aromatic heterocycles. The Kier molecular flexibility index (Phi) is 5.41. The summed E-state index contributed by atoms with van der Waals surface area (Å²) in [6, 6.07) is 11.7. The van der Waals surface area contributed by atoms with Crippen LogP contribution in [0, 0.1) is 0 Å². The molecule has 5 heteroatoms. The molecule has 1 N–H and O–H groups in total. The van der Waals surface area contributed by atoms with Crippen LogP contribution in [0.15, 0.2) is 47.5 Å². The van der Waals surface area contributed by atoms with Gasteiger partial charge in [-0.3, -0.25) is 4.79 Å². The summed E-state index contributed by atoms with van der Waals surface area (Å²) < 4.78 is 0. The zero-order valence-electron chi connectivity index (χ0n) is 14.2. The fourth-order valence-electron chi connectivity index (χ4n) is 2.94. The first-order valence-corrected chi connectivity index (χ1v) is 9.22. The standard InChI is InChI=1S/C19H23N3OS/c1-22(2)18-17(8-5-13-20-18)19(23)21-14-9-11-16(12-10-14)24-15-6-3-4-7-15/h5,8-13,15H,3-4,6-7H2,1-2H3,(H,21,23). The zero-order chi connectivity index (χ0) is 16.9. The van der Waals surface area contributed by atoms with Crippen LogP contribution >= 0.6 is 11.8 Å². The Hall–Kier alpha value is -2.01. The number of rotatable bonds is 5. The third kappa shape index (κ3) is 4.09. The fourth-order valence-corrected chi connectivity index (χ4v) is 4.19. The van der Waals surface area contributed by atoms with Gasteiger partial charge in [0.1, 0.15) is 5.82 Å². The molecular formula is C19H23N3OS. The fraction of sp³-hybridized carbons (Fsp3) is 0.368. The number of thioether (sulfide) groups is 1. The van der Waals surface area contributed by atoms with E-state index in [9.17, 15) is 4.79 Å². The third-order valence-electron chi connectivity index (χ3n) is 4.17. The maximum atomic E-state index is 12.5. The summed E-state index contributed by atoms with van der Waals surface area (Å²) in [5.74, 6) is 0.534. The van der Waals surface area contributed by atoms with Gasteiger partial charge in [0.25, 0.3) is 5.91 Å². The highest BCUT2D eigenvalue weighted by atomic mass is 32.2. The number of pyridine rings is 1. The first-order valence-electron chi connectivity index (χ1n) is 8.34. The molecule has 2 aromatic rings. The molecule has 0 unspecified atom stereocenters. The number of hydrogen-bond acceptors (Lipinski definition) is 4. The van der Waals surface area contributed by atoms with Crippen LogP contribution in [0.25, 0.3) is 0 Å². The SMILES string of the molecule is CN(C)c1ncccc1C(=O)Nc1ccc(SC2CCCC2)cc1. The van der Waals surface area contributed by atoms with Crippen molar-refractivity contribution in [1.82, 2.24) is 4.98 Å². The summed E-state index contributed by atoms with van der Waals surface area (Å²) in [6.07, 6.45) is 7.03. The number of carbonyl (C=O) groups excluding carboxylic acids is 1. The van der Waals surface area contributed by atoms with Crippen LogP contribution in [-0.2, 0) is 0 Å². The molecule has 1 amide bonds. The highest BCUT2D eigenvalue weighted by Gasteiger charge is 2.16. The van der Waals surface area contributed by atoms with Crippen LogP contribution in [0.5, 0.6) is 0 Å². The number of hydrogen-bond donors (Lipinski definition) is 1. The number of anilines is 2. The van der Waals surface area contributed by atoms with Gasteiger partial charge in [-0.15, -0.1) is 11.8 Å². The normalized spacial score (nSPS) is 14.6. The van der Waals surface area contributed by atoms with Gasteiger partial charge in [0, 0.05) is 36.1 Å². The second-order valence-electron chi connectivity index (χ2n) is 6.27. The lowest BCUT2D eigenvalue weighted by atomic mass is 10.2. The lowest BCUT2D eigenvalue weighted by Gasteiger charge is -2.15. The Morgan fingerprint density at radius 1 is 1.17 bits per heavy atom. The van der Waals surface area contributed by atoms with E-state index < -0.39 is 0 Å². The molecule has 1 heterocycles. The van der Waals surface area contributed by atoms with Crippen LogP contribution < -0.4 is 10.2 Å². The molecule has 0 bridgehead atoms. The van der Waals surface area contributed by atoms with E-state index in [1.54, 1.807) is 18.3 Å². The van der Waals surface area contributed by atoms with Crippen molar-refractivity contribution in [2.24, 2.45) is 0 Å². The third-order valence-corrected chi connectivity index (χ3v) is 5.52. The van der Waals surface area contributed by atoms with E-state index in [1.165, 1.54) is 30.6 Å². The van der Waals surface area contributed by atoms with Gasteiger partial charge in [0.15, 0.2) is 0 Å². The highest BCUT2D eigenvalue weighted by molar-refractivity contribution is 8.00. The van der Waals surface area contributed by atoms with Gasteiger partial charge in [0.2, 0.25) is 0 Å². The van der Waals surface area contributed by atoms with Crippen LogP contribution in [0.1, 0.15) is 36.0 Å². The lowest BCUT2D eigenvalue weighted by molar-refractivity contribution is 0.102. The number of aromatic nitrogens is 1. The van der Waals surface area contributed by atoms with E-state index in [-0.39, 0.29) is 5.91 Å². The second-order valence-corrected chi connectivity index (χ2v) is 7.65. The molecular weight excluding hydrogens is 318 g/mol. The molecule has 1 saturated carbocycles. The minimum atomic E-state index is -0.136. The predicted molar refractivity (Wildman–Crippen MR) is 101 cm³/mol.